The Balaban J connectivity index is 0.00000264. The largest absolute Gasteiger partial charge is 0.340 e. The molecule has 1 aromatic heterocycles. The van der Waals surface area contributed by atoms with Crippen LogP contribution < -0.4 is 5.73 Å². The molecule has 0 spiro atoms. The van der Waals surface area contributed by atoms with Crippen molar-refractivity contribution in [1.82, 2.24) is 9.21 Å². The highest BCUT2D eigenvalue weighted by Gasteiger charge is 2.32. The van der Waals surface area contributed by atoms with Crippen LogP contribution in [-0.2, 0) is 14.8 Å². The molecule has 0 saturated carbocycles. The third-order valence-electron chi connectivity index (χ3n) is 3.44. The molecule has 2 rings (SSSR count). The highest BCUT2D eigenvalue weighted by Crippen LogP contribution is 2.28. The minimum atomic E-state index is -3.55. The van der Waals surface area contributed by atoms with Crippen LogP contribution in [0.4, 0.5) is 0 Å². The maximum Gasteiger partial charge on any atom is 0.252 e. The molecule has 23 heavy (non-hydrogen) atoms. The van der Waals surface area contributed by atoms with Gasteiger partial charge >= 0.3 is 0 Å². The Bertz CT molecular complexity index is 656. The second kappa shape index (κ2) is 7.67. The van der Waals surface area contributed by atoms with Crippen LogP contribution in [0.1, 0.15) is 20.3 Å². The summed E-state index contributed by atoms with van der Waals surface area (Å²) in [4.78, 5) is 13.9. The second-order valence-electron chi connectivity index (χ2n) is 5.83. The highest BCUT2D eigenvalue weighted by atomic mass is 35.5. The Morgan fingerprint density at radius 3 is 2.43 bits per heavy atom. The van der Waals surface area contributed by atoms with Gasteiger partial charge in [0.05, 0.1) is 9.88 Å². The number of amides is 1. The van der Waals surface area contributed by atoms with E-state index in [4.69, 9.17) is 17.3 Å². The van der Waals surface area contributed by atoms with Gasteiger partial charge in [-0.15, -0.1) is 23.7 Å². The maximum absolute atomic E-state index is 12.6. The van der Waals surface area contributed by atoms with Gasteiger partial charge in [0, 0.05) is 26.2 Å². The van der Waals surface area contributed by atoms with Crippen LogP contribution in [0.3, 0.4) is 0 Å². The summed E-state index contributed by atoms with van der Waals surface area (Å²) in [7, 11) is -3.55. The molecule has 0 aliphatic carbocycles. The Hall–Kier alpha value is -0.380. The van der Waals surface area contributed by atoms with Crippen LogP contribution in [0.25, 0.3) is 0 Å². The van der Waals surface area contributed by atoms with Crippen LogP contribution >= 0.6 is 35.3 Å². The first kappa shape index (κ1) is 20.7. The number of halogens is 2. The Labute approximate surface area is 152 Å². The first-order valence-electron chi connectivity index (χ1n) is 6.96. The van der Waals surface area contributed by atoms with Crippen molar-refractivity contribution in [2.75, 3.05) is 26.2 Å². The number of hydrogen-bond acceptors (Lipinski definition) is 5. The summed E-state index contributed by atoms with van der Waals surface area (Å²) < 4.78 is 27.2. The van der Waals surface area contributed by atoms with E-state index >= 15 is 0 Å². The summed E-state index contributed by atoms with van der Waals surface area (Å²) in [5.74, 6) is -0.161. The number of thiophene rings is 1. The standard InChI is InChI=1S/C13H20ClN3O3S2.ClH/c1-13(2,15)12(18)16-6-3-7-17(9-8-16)22(19,20)11-5-4-10(14)21-11;/h4-5H,3,6-9,15H2,1-2H3;1H. The second-order valence-corrected chi connectivity index (χ2v) is 9.71. The molecule has 0 unspecified atom stereocenters. The molecule has 0 aromatic carbocycles. The average Bonchev–Trinajstić information content (AvgIpc) is 2.72. The normalized spacial score (nSPS) is 17.5. The van der Waals surface area contributed by atoms with E-state index in [1.807, 2.05) is 0 Å². The van der Waals surface area contributed by atoms with Crippen LogP contribution in [-0.4, -0.2) is 55.2 Å². The third-order valence-corrected chi connectivity index (χ3v) is 7.03. The Morgan fingerprint density at radius 2 is 1.91 bits per heavy atom. The fourth-order valence-electron chi connectivity index (χ4n) is 2.31. The lowest BCUT2D eigenvalue weighted by Gasteiger charge is -2.28. The average molecular weight is 402 g/mol. The molecule has 2 N–H and O–H groups in total. The molecule has 0 radical (unpaired) electrons. The lowest BCUT2D eigenvalue weighted by molar-refractivity contribution is -0.135. The molecule has 1 saturated heterocycles. The number of carbonyl (C=O) groups excluding carboxylic acids is 1. The van der Waals surface area contributed by atoms with Crippen molar-refractivity contribution in [3.05, 3.63) is 16.5 Å². The molecule has 2 heterocycles. The molecule has 1 aromatic rings. The number of sulfonamides is 1. The first-order chi connectivity index (χ1) is 10.1. The van der Waals surface area contributed by atoms with E-state index in [0.717, 1.165) is 11.3 Å². The molecule has 132 valence electrons. The van der Waals surface area contributed by atoms with Crippen LogP contribution in [0, 0.1) is 0 Å². The lowest BCUT2D eigenvalue weighted by Crippen LogP contribution is -2.52. The van der Waals surface area contributed by atoms with Gasteiger partial charge in [0.15, 0.2) is 0 Å². The van der Waals surface area contributed by atoms with Crippen molar-refractivity contribution < 1.29 is 13.2 Å². The van der Waals surface area contributed by atoms with E-state index in [2.05, 4.69) is 0 Å². The number of carbonyl (C=O) groups is 1. The Morgan fingerprint density at radius 1 is 1.26 bits per heavy atom. The van der Waals surface area contributed by atoms with Crippen molar-refractivity contribution in [3.63, 3.8) is 0 Å². The molecule has 0 atom stereocenters. The maximum atomic E-state index is 12.6. The van der Waals surface area contributed by atoms with Gasteiger partial charge in [0.1, 0.15) is 4.21 Å². The van der Waals surface area contributed by atoms with Crippen LogP contribution in [0.2, 0.25) is 4.34 Å². The summed E-state index contributed by atoms with van der Waals surface area (Å²) in [6.07, 6.45) is 0.583. The molecular weight excluding hydrogens is 381 g/mol. The smallest absolute Gasteiger partial charge is 0.252 e. The van der Waals surface area contributed by atoms with E-state index in [9.17, 15) is 13.2 Å². The number of nitrogens with zero attached hydrogens (tertiary/aromatic N) is 2. The first-order valence-corrected chi connectivity index (χ1v) is 9.59. The van der Waals surface area contributed by atoms with E-state index in [-0.39, 0.29) is 29.1 Å². The van der Waals surface area contributed by atoms with Gasteiger partial charge in [-0.25, -0.2) is 8.42 Å². The summed E-state index contributed by atoms with van der Waals surface area (Å²) in [5.41, 5.74) is 4.89. The summed E-state index contributed by atoms with van der Waals surface area (Å²) in [6.45, 7) is 4.81. The van der Waals surface area contributed by atoms with Crippen molar-refractivity contribution >= 4 is 51.3 Å². The summed E-state index contributed by atoms with van der Waals surface area (Å²) in [6, 6.07) is 3.09. The number of nitrogens with two attached hydrogens (primary N) is 1. The zero-order valence-electron chi connectivity index (χ0n) is 13.0. The molecule has 1 fully saturated rings. The van der Waals surface area contributed by atoms with Crippen molar-refractivity contribution in [2.45, 2.75) is 30.0 Å². The summed E-state index contributed by atoms with van der Waals surface area (Å²) >= 11 is 6.86. The molecular formula is C13H21Cl2N3O3S2. The molecule has 1 aliphatic rings. The van der Waals surface area contributed by atoms with Crippen molar-refractivity contribution in [1.29, 1.82) is 0 Å². The van der Waals surface area contributed by atoms with E-state index < -0.39 is 15.6 Å². The fraction of sp³-hybridized carbons (Fsp3) is 0.615. The van der Waals surface area contributed by atoms with E-state index in [1.165, 1.54) is 10.4 Å². The third kappa shape index (κ3) is 4.80. The summed E-state index contributed by atoms with van der Waals surface area (Å²) in [5, 5.41) is 0. The van der Waals surface area contributed by atoms with E-state index in [0.29, 0.717) is 30.4 Å². The van der Waals surface area contributed by atoms with E-state index in [1.54, 1.807) is 24.8 Å². The van der Waals surface area contributed by atoms with Crippen molar-refractivity contribution in [3.8, 4) is 0 Å². The minimum absolute atomic E-state index is 0. The monoisotopic (exact) mass is 401 g/mol. The van der Waals surface area contributed by atoms with Gasteiger partial charge < -0.3 is 10.6 Å². The zero-order valence-corrected chi connectivity index (χ0v) is 16.2. The van der Waals surface area contributed by atoms with Gasteiger partial charge in [-0.1, -0.05) is 11.6 Å². The van der Waals surface area contributed by atoms with Gasteiger partial charge in [-0.3, -0.25) is 4.79 Å². The van der Waals surface area contributed by atoms with Gasteiger partial charge in [-0.2, -0.15) is 4.31 Å². The SMILES string of the molecule is CC(C)(N)C(=O)N1CCCN(S(=O)(=O)c2ccc(Cl)s2)CC1.Cl. The van der Waals surface area contributed by atoms with Gasteiger partial charge in [0.2, 0.25) is 5.91 Å². The van der Waals surface area contributed by atoms with Gasteiger partial charge in [0.25, 0.3) is 10.0 Å². The quantitative estimate of drug-likeness (QED) is 0.836. The molecule has 1 amide bonds. The Kier molecular flexibility index (Phi) is 6.89. The highest BCUT2D eigenvalue weighted by molar-refractivity contribution is 7.91. The predicted octanol–water partition coefficient (Wildman–Crippen LogP) is 1.78. The minimum Gasteiger partial charge on any atom is -0.340 e. The van der Waals surface area contributed by atoms with Crippen LogP contribution in [0.15, 0.2) is 16.3 Å². The van der Waals surface area contributed by atoms with Crippen molar-refractivity contribution in [2.24, 2.45) is 5.73 Å². The molecule has 10 heteroatoms. The predicted molar refractivity (Wildman–Crippen MR) is 94.8 cm³/mol. The molecule has 0 bridgehead atoms. The fourth-order valence-corrected chi connectivity index (χ4v) is 5.42. The topological polar surface area (TPSA) is 83.7 Å². The molecule has 1 aliphatic heterocycles. The molecule has 6 nitrogen and oxygen atoms in total. The van der Waals surface area contributed by atoms with Gasteiger partial charge in [-0.05, 0) is 32.4 Å². The number of rotatable bonds is 3. The lowest BCUT2D eigenvalue weighted by atomic mass is 10.1. The van der Waals surface area contributed by atoms with Crippen LogP contribution in [0.5, 0.6) is 0 Å². The zero-order chi connectivity index (χ0) is 16.5. The number of hydrogen-bond donors (Lipinski definition) is 1.